The SMILES string of the molecule is O=C([O-])[C@H]1NC(=O)[C@@H]1Cc1ccccc1. The minimum atomic E-state index is -1.21. The Morgan fingerprint density at radius 2 is 2.00 bits per heavy atom. The maximum absolute atomic E-state index is 11.1. The number of carboxylic acid groups (broad SMARTS) is 1. The van der Waals surface area contributed by atoms with Crippen LogP contribution in [-0.2, 0) is 16.0 Å². The molecule has 2 rings (SSSR count). The van der Waals surface area contributed by atoms with Crippen molar-refractivity contribution in [1.82, 2.24) is 5.32 Å². The number of hydrogen-bond acceptors (Lipinski definition) is 3. The summed E-state index contributed by atoms with van der Waals surface area (Å²) < 4.78 is 0. The van der Waals surface area contributed by atoms with Crippen LogP contribution in [0.25, 0.3) is 0 Å². The van der Waals surface area contributed by atoms with Crippen LogP contribution in [0.3, 0.4) is 0 Å². The zero-order chi connectivity index (χ0) is 10.8. The zero-order valence-electron chi connectivity index (χ0n) is 7.97. The van der Waals surface area contributed by atoms with E-state index in [9.17, 15) is 14.7 Å². The highest BCUT2D eigenvalue weighted by molar-refractivity contribution is 5.95. The van der Waals surface area contributed by atoms with Crippen LogP contribution in [0.4, 0.5) is 0 Å². The van der Waals surface area contributed by atoms with Crippen LogP contribution in [0.5, 0.6) is 0 Å². The van der Waals surface area contributed by atoms with Gasteiger partial charge in [-0.3, -0.25) is 4.79 Å². The van der Waals surface area contributed by atoms with Gasteiger partial charge in [-0.25, -0.2) is 0 Å². The number of carbonyl (C=O) groups is 2. The molecule has 0 spiro atoms. The number of carbonyl (C=O) groups excluding carboxylic acids is 2. The Bertz CT molecular complexity index is 388. The largest absolute Gasteiger partial charge is 0.548 e. The first-order valence-corrected chi connectivity index (χ1v) is 4.73. The van der Waals surface area contributed by atoms with E-state index >= 15 is 0 Å². The molecule has 0 aromatic heterocycles. The highest BCUT2D eigenvalue weighted by atomic mass is 16.4. The number of rotatable bonds is 3. The van der Waals surface area contributed by atoms with E-state index in [2.05, 4.69) is 5.32 Å². The van der Waals surface area contributed by atoms with Gasteiger partial charge in [0.2, 0.25) is 5.91 Å². The molecule has 1 N–H and O–H groups in total. The van der Waals surface area contributed by atoms with Crippen LogP contribution >= 0.6 is 0 Å². The number of amides is 1. The van der Waals surface area contributed by atoms with Crippen LogP contribution in [-0.4, -0.2) is 17.9 Å². The van der Waals surface area contributed by atoms with Crippen molar-refractivity contribution in [1.29, 1.82) is 0 Å². The minimum absolute atomic E-state index is 0.215. The van der Waals surface area contributed by atoms with Crippen LogP contribution < -0.4 is 10.4 Å². The molecule has 78 valence electrons. The maximum atomic E-state index is 11.1. The lowest BCUT2D eigenvalue weighted by molar-refractivity contribution is -0.311. The second-order valence-corrected chi connectivity index (χ2v) is 3.60. The van der Waals surface area contributed by atoms with Crippen molar-refractivity contribution in [2.24, 2.45) is 5.92 Å². The summed E-state index contributed by atoms with van der Waals surface area (Å²) in [6.45, 7) is 0. The minimum Gasteiger partial charge on any atom is -0.548 e. The number of hydrogen-bond donors (Lipinski definition) is 1. The second kappa shape index (κ2) is 3.73. The fourth-order valence-corrected chi connectivity index (χ4v) is 1.72. The van der Waals surface area contributed by atoms with Gasteiger partial charge < -0.3 is 15.2 Å². The lowest BCUT2D eigenvalue weighted by atomic mass is 9.85. The van der Waals surface area contributed by atoms with Gasteiger partial charge in [0.05, 0.1) is 17.9 Å². The molecule has 1 aliphatic rings. The smallest absolute Gasteiger partial charge is 0.226 e. The summed E-state index contributed by atoms with van der Waals surface area (Å²) in [5.74, 6) is -1.92. The molecule has 1 aromatic rings. The molecular weight excluding hydrogens is 194 g/mol. The lowest BCUT2D eigenvalue weighted by Crippen LogP contribution is -2.65. The third-order valence-corrected chi connectivity index (χ3v) is 2.59. The molecule has 1 amide bonds. The lowest BCUT2D eigenvalue weighted by Gasteiger charge is -2.37. The molecular formula is C11H10NO3-. The van der Waals surface area contributed by atoms with E-state index in [1.807, 2.05) is 30.3 Å². The van der Waals surface area contributed by atoms with Gasteiger partial charge in [0.15, 0.2) is 0 Å². The first-order valence-electron chi connectivity index (χ1n) is 4.73. The molecule has 0 saturated carbocycles. The third kappa shape index (κ3) is 1.83. The van der Waals surface area contributed by atoms with Crippen LogP contribution in [0.1, 0.15) is 5.56 Å². The van der Waals surface area contributed by atoms with Gasteiger partial charge in [0.25, 0.3) is 0 Å². The van der Waals surface area contributed by atoms with E-state index in [1.54, 1.807) is 0 Å². The first-order chi connectivity index (χ1) is 7.18. The Balaban J connectivity index is 2.06. The maximum Gasteiger partial charge on any atom is 0.226 e. The Labute approximate surface area is 86.9 Å². The molecule has 4 nitrogen and oxygen atoms in total. The van der Waals surface area contributed by atoms with Gasteiger partial charge in [0, 0.05) is 0 Å². The Kier molecular flexibility index (Phi) is 2.41. The highest BCUT2D eigenvalue weighted by Crippen LogP contribution is 2.19. The Hall–Kier alpha value is -1.84. The molecule has 4 heteroatoms. The van der Waals surface area contributed by atoms with Gasteiger partial charge in [0.1, 0.15) is 0 Å². The number of carboxylic acids is 1. The number of benzene rings is 1. The van der Waals surface area contributed by atoms with Crippen molar-refractivity contribution < 1.29 is 14.7 Å². The summed E-state index contributed by atoms with van der Waals surface area (Å²) in [7, 11) is 0. The molecule has 1 saturated heterocycles. The summed E-state index contributed by atoms with van der Waals surface area (Å²) in [4.78, 5) is 21.7. The standard InChI is InChI=1S/C11H11NO3/c13-10-8(9(12-10)11(14)15)6-7-4-2-1-3-5-7/h1-5,8-9H,6H2,(H,12,13)(H,14,15)/p-1/t8-,9+/m1/s1. The van der Waals surface area contributed by atoms with Crippen LogP contribution in [0.15, 0.2) is 30.3 Å². The van der Waals surface area contributed by atoms with Crippen LogP contribution in [0, 0.1) is 5.92 Å². The summed E-state index contributed by atoms with van der Waals surface area (Å²) in [6, 6.07) is 8.51. The molecule has 1 fully saturated rings. The molecule has 1 aliphatic heterocycles. The van der Waals surface area contributed by atoms with Gasteiger partial charge in [-0.2, -0.15) is 0 Å². The van der Waals surface area contributed by atoms with Gasteiger partial charge in [-0.05, 0) is 12.0 Å². The van der Waals surface area contributed by atoms with Gasteiger partial charge in [-0.1, -0.05) is 30.3 Å². The monoisotopic (exact) mass is 204 g/mol. The average Bonchev–Trinajstić information content (AvgIpc) is 2.23. The van der Waals surface area contributed by atoms with Crippen molar-refractivity contribution >= 4 is 11.9 Å². The fourth-order valence-electron chi connectivity index (χ4n) is 1.72. The first kappa shape index (κ1) is 9.71. The van der Waals surface area contributed by atoms with Crippen molar-refractivity contribution in [3.8, 4) is 0 Å². The molecule has 0 bridgehead atoms. The Morgan fingerprint density at radius 1 is 1.33 bits per heavy atom. The average molecular weight is 204 g/mol. The van der Waals surface area contributed by atoms with Crippen molar-refractivity contribution in [3.05, 3.63) is 35.9 Å². The summed E-state index contributed by atoms with van der Waals surface area (Å²) in [5.41, 5.74) is 0.962. The number of nitrogens with one attached hydrogen (secondary N) is 1. The number of β-lactam (4-membered cyclic amide) rings is 1. The van der Waals surface area contributed by atoms with E-state index in [4.69, 9.17) is 0 Å². The van der Waals surface area contributed by atoms with E-state index in [-0.39, 0.29) is 5.91 Å². The van der Waals surface area contributed by atoms with E-state index in [0.717, 1.165) is 5.56 Å². The van der Waals surface area contributed by atoms with E-state index in [1.165, 1.54) is 0 Å². The van der Waals surface area contributed by atoms with E-state index < -0.39 is 17.9 Å². The van der Waals surface area contributed by atoms with Crippen LogP contribution in [0.2, 0.25) is 0 Å². The van der Waals surface area contributed by atoms with Crippen molar-refractivity contribution in [2.75, 3.05) is 0 Å². The highest BCUT2D eigenvalue weighted by Gasteiger charge is 2.39. The van der Waals surface area contributed by atoms with Crippen molar-refractivity contribution in [3.63, 3.8) is 0 Å². The topological polar surface area (TPSA) is 69.2 Å². The second-order valence-electron chi connectivity index (χ2n) is 3.60. The quantitative estimate of drug-likeness (QED) is 0.648. The van der Waals surface area contributed by atoms with E-state index in [0.29, 0.717) is 6.42 Å². The van der Waals surface area contributed by atoms with Gasteiger partial charge >= 0.3 is 0 Å². The molecule has 2 atom stereocenters. The molecule has 0 radical (unpaired) electrons. The predicted molar refractivity (Wildman–Crippen MR) is 50.6 cm³/mol. The predicted octanol–water partition coefficient (Wildman–Crippen LogP) is -0.906. The summed E-state index contributed by atoms with van der Waals surface area (Å²) in [6.07, 6.45) is 0.450. The third-order valence-electron chi connectivity index (χ3n) is 2.59. The molecule has 1 aromatic carbocycles. The number of aliphatic carboxylic acids is 1. The van der Waals surface area contributed by atoms with Crippen molar-refractivity contribution in [2.45, 2.75) is 12.5 Å². The normalized spacial score (nSPS) is 24.1. The summed E-state index contributed by atoms with van der Waals surface area (Å²) >= 11 is 0. The molecule has 15 heavy (non-hydrogen) atoms. The molecule has 0 unspecified atom stereocenters. The fraction of sp³-hybridized carbons (Fsp3) is 0.273. The molecule has 1 heterocycles. The summed E-state index contributed by atoms with van der Waals surface area (Å²) in [5, 5.41) is 12.9. The van der Waals surface area contributed by atoms with Gasteiger partial charge in [-0.15, -0.1) is 0 Å². The molecule has 0 aliphatic carbocycles. The Morgan fingerprint density at radius 3 is 2.53 bits per heavy atom. The zero-order valence-corrected chi connectivity index (χ0v) is 7.97.